The van der Waals surface area contributed by atoms with E-state index < -0.39 is 0 Å². The largest absolute Gasteiger partial charge is 0.496 e. The molecular formula is C14H17ClN2O2. The molecule has 1 aromatic carbocycles. The first-order valence-electron chi connectivity index (χ1n) is 5.97. The molecule has 0 bridgehead atoms. The summed E-state index contributed by atoms with van der Waals surface area (Å²) in [5.41, 5.74) is 4.79. The topological polar surface area (TPSA) is 60.4 Å². The molecule has 1 unspecified atom stereocenters. The number of nitrogens with one attached hydrogen (secondary N) is 1. The predicted octanol–water partition coefficient (Wildman–Crippen LogP) is 3.00. The van der Waals surface area contributed by atoms with E-state index in [0.29, 0.717) is 11.4 Å². The molecule has 3 N–H and O–H groups in total. The van der Waals surface area contributed by atoms with Gasteiger partial charge in [-0.15, -0.1) is 0 Å². The lowest BCUT2D eigenvalue weighted by Gasteiger charge is -2.16. The molecule has 1 heterocycles. The average molecular weight is 281 g/mol. The first kappa shape index (κ1) is 13.9. The average Bonchev–Trinajstić information content (AvgIpc) is 2.82. The number of furan rings is 1. The fraction of sp³-hybridized carbons (Fsp3) is 0.286. The van der Waals surface area contributed by atoms with Gasteiger partial charge in [-0.1, -0.05) is 11.6 Å². The normalized spacial score (nSPS) is 12.4. The Labute approximate surface area is 117 Å². The highest BCUT2D eigenvalue weighted by Crippen LogP contribution is 2.28. The Morgan fingerprint density at radius 3 is 2.79 bits per heavy atom. The summed E-state index contributed by atoms with van der Waals surface area (Å²) in [6.45, 7) is 1.90. The third kappa shape index (κ3) is 3.29. The molecule has 102 valence electrons. The molecule has 0 radical (unpaired) electrons. The SMILES string of the molecule is COc1ccc(Cl)cc1CC(NN)c1coc(C)c1. The first-order chi connectivity index (χ1) is 9.13. The molecule has 1 aromatic heterocycles. The Morgan fingerprint density at radius 1 is 1.42 bits per heavy atom. The van der Waals surface area contributed by atoms with Crippen molar-refractivity contribution in [1.29, 1.82) is 0 Å². The van der Waals surface area contributed by atoms with Crippen LogP contribution in [0.4, 0.5) is 0 Å². The minimum atomic E-state index is -0.0511. The number of hydrogen-bond acceptors (Lipinski definition) is 4. The van der Waals surface area contributed by atoms with E-state index in [0.717, 1.165) is 22.6 Å². The summed E-state index contributed by atoms with van der Waals surface area (Å²) in [4.78, 5) is 0. The molecule has 4 nitrogen and oxygen atoms in total. The number of hydrogen-bond donors (Lipinski definition) is 2. The van der Waals surface area contributed by atoms with Crippen molar-refractivity contribution in [2.24, 2.45) is 5.84 Å². The van der Waals surface area contributed by atoms with Crippen molar-refractivity contribution < 1.29 is 9.15 Å². The second-order valence-electron chi connectivity index (χ2n) is 4.37. The fourth-order valence-corrected chi connectivity index (χ4v) is 2.24. The van der Waals surface area contributed by atoms with Crippen molar-refractivity contribution in [2.75, 3.05) is 7.11 Å². The van der Waals surface area contributed by atoms with E-state index in [9.17, 15) is 0 Å². The summed E-state index contributed by atoms with van der Waals surface area (Å²) in [7, 11) is 1.64. The Kier molecular flexibility index (Phi) is 4.47. The summed E-state index contributed by atoms with van der Waals surface area (Å²) in [5.74, 6) is 7.28. The van der Waals surface area contributed by atoms with Gasteiger partial charge in [-0.2, -0.15) is 0 Å². The molecule has 2 rings (SSSR count). The second-order valence-corrected chi connectivity index (χ2v) is 4.81. The van der Waals surface area contributed by atoms with Crippen LogP contribution in [0.1, 0.15) is 22.9 Å². The maximum Gasteiger partial charge on any atom is 0.122 e. The highest BCUT2D eigenvalue weighted by atomic mass is 35.5. The van der Waals surface area contributed by atoms with Crippen molar-refractivity contribution in [1.82, 2.24) is 5.43 Å². The number of methoxy groups -OCH3 is 1. The molecule has 0 aliphatic heterocycles. The van der Waals surface area contributed by atoms with E-state index in [-0.39, 0.29) is 6.04 Å². The molecule has 1 atom stereocenters. The highest BCUT2D eigenvalue weighted by Gasteiger charge is 2.15. The van der Waals surface area contributed by atoms with Crippen LogP contribution in [0.5, 0.6) is 5.75 Å². The zero-order chi connectivity index (χ0) is 13.8. The highest BCUT2D eigenvalue weighted by molar-refractivity contribution is 6.30. The van der Waals surface area contributed by atoms with Crippen molar-refractivity contribution >= 4 is 11.6 Å². The molecule has 0 amide bonds. The molecule has 19 heavy (non-hydrogen) atoms. The molecule has 0 aliphatic carbocycles. The lowest BCUT2D eigenvalue weighted by Crippen LogP contribution is -2.29. The van der Waals surface area contributed by atoms with Gasteiger partial charge in [0.1, 0.15) is 11.5 Å². The Bertz CT molecular complexity index is 554. The van der Waals surface area contributed by atoms with Crippen LogP contribution >= 0.6 is 11.6 Å². The summed E-state index contributed by atoms with van der Waals surface area (Å²) >= 11 is 6.02. The van der Waals surface area contributed by atoms with Gasteiger partial charge in [-0.05, 0) is 43.2 Å². The molecule has 2 aromatic rings. The van der Waals surface area contributed by atoms with Crippen molar-refractivity contribution in [3.63, 3.8) is 0 Å². The van der Waals surface area contributed by atoms with Crippen molar-refractivity contribution in [3.8, 4) is 5.75 Å². The van der Waals surface area contributed by atoms with Gasteiger partial charge in [0.25, 0.3) is 0 Å². The summed E-state index contributed by atoms with van der Waals surface area (Å²) in [6, 6.07) is 7.45. The summed E-state index contributed by atoms with van der Waals surface area (Å²) in [6.07, 6.45) is 2.37. The third-order valence-electron chi connectivity index (χ3n) is 3.02. The molecule has 5 heteroatoms. The van der Waals surface area contributed by atoms with E-state index >= 15 is 0 Å². The van der Waals surface area contributed by atoms with E-state index in [2.05, 4.69) is 5.43 Å². The molecule has 0 saturated carbocycles. The van der Waals surface area contributed by atoms with Gasteiger partial charge < -0.3 is 9.15 Å². The third-order valence-corrected chi connectivity index (χ3v) is 3.26. The zero-order valence-electron chi connectivity index (χ0n) is 10.9. The Balaban J connectivity index is 2.25. The molecule has 0 fully saturated rings. The Morgan fingerprint density at radius 2 is 2.21 bits per heavy atom. The maximum absolute atomic E-state index is 6.02. The first-order valence-corrected chi connectivity index (χ1v) is 6.35. The van der Waals surface area contributed by atoms with Gasteiger partial charge in [0.05, 0.1) is 19.4 Å². The standard InChI is InChI=1S/C14H17ClN2O2/c1-9-5-11(8-19-9)13(17-16)7-10-6-12(15)3-4-14(10)18-2/h3-6,8,13,17H,7,16H2,1-2H3. The van der Waals surface area contributed by atoms with E-state index in [1.54, 1.807) is 19.4 Å². The molecule has 0 saturated heterocycles. The van der Waals surface area contributed by atoms with Crippen molar-refractivity contribution in [3.05, 3.63) is 52.4 Å². The van der Waals surface area contributed by atoms with Gasteiger partial charge in [-0.3, -0.25) is 11.3 Å². The smallest absolute Gasteiger partial charge is 0.122 e. The van der Waals surface area contributed by atoms with E-state index in [1.807, 2.05) is 25.1 Å². The van der Waals surface area contributed by atoms with Crippen molar-refractivity contribution in [2.45, 2.75) is 19.4 Å². The minimum Gasteiger partial charge on any atom is -0.496 e. The second kappa shape index (κ2) is 6.10. The fourth-order valence-electron chi connectivity index (χ4n) is 2.05. The van der Waals surface area contributed by atoms with E-state index in [1.165, 1.54) is 0 Å². The number of rotatable bonds is 5. The van der Waals surface area contributed by atoms with Crippen LogP contribution in [-0.4, -0.2) is 7.11 Å². The number of nitrogens with two attached hydrogens (primary N) is 1. The zero-order valence-corrected chi connectivity index (χ0v) is 11.7. The lowest BCUT2D eigenvalue weighted by atomic mass is 10.0. The number of benzene rings is 1. The number of aryl methyl sites for hydroxylation is 1. The number of ether oxygens (including phenoxy) is 1. The van der Waals surface area contributed by atoms with Gasteiger partial charge in [0, 0.05) is 10.6 Å². The van der Waals surface area contributed by atoms with E-state index in [4.69, 9.17) is 26.6 Å². The van der Waals surface area contributed by atoms with Crippen LogP contribution < -0.4 is 16.0 Å². The van der Waals surface area contributed by atoms with Crippen LogP contribution in [0.2, 0.25) is 5.02 Å². The van der Waals surface area contributed by atoms with Gasteiger partial charge in [-0.25, -0.2) is 0 Å². The lowest BCUT2D eigenvalue weighted by molar-refractivity contribution is 0.405. The van der Waals surface area contributed by atoms with Gasteiger partial charge in [0.2, 0.25) is 0 Å². The summed E-state index contributed by atoms with van der Waals surface area (Å²) < 4.78 is 10.6. The van der Waals surface area contributed by atoms with Crippen LogP contribution in [0.25, 0.3) is 0 Å². The Hall–Kier alpha value is -1.49. The van der Waals surface area contributed by atoms with Crippen LogP contribution in [0, 0.1) is 6.92 Å². The summed E-state index contributed by atoms with van der Waals surface area (Å²) in [5, 5.41) is 0.676. The number of halogens is 1. The molecule has 0 spiro atoms. The van der Waals surface area contributed by atoms with Crippen LogP contribution in [-0.2, 0) is 6.42 Å². The van der Waals surface area contributed by atoms with Crippen LogP contribution in [0.3, 0.4) is 0 Å². The van der Waals surface area contributed by atoms with Gasteiger partial charge in [0.15, 0.2) is 0 Å². The molecule has 0 aliphatic rings. The van der Waals surface area contributed by atoms with Crippen LogP contribution in [0.15, 0.2) is 34.9 Å². The monoisotopic (exact) mass is 280 g/mol. The minimum absolute atomic E-state index is 0.0511. The number of hydrazine groups is 1. The van der Waals surface area contributed by atoms with Gasteiger partial charge >= 0.3 is 0 Å². The maximum atomic E-state index is 6.02. The quantitative estimate of drug-likeness (QED) is 0.653. The predicted molar refractivity (Wildman–Crippen MR) is 75.2 cm³/mol. The molecular weight excluding hydrogens is 264 g/mol.